The van der Waals surface area contributed by atoms with Gasteiger partial charge in [0.2, 0.25) is 0 Å². The van der Waals surface area contributed by atoms with Crippen molar-refractivity contribution in [1.29, 1.82) is 0 Å². The zero-order valence-corrected chi connectivity index (χ0v) is 9.16. The zero-order valence-electron chi connectivity index (χ0n) is 9.16. The Bertz CT molecular complexity index is 496. The maximum absolute atomic E-state index is 12.0. The van der Waals surface area contributed by atoms with E-state index in [9.17, 15) is 13.2 Å². The van der Waals surface area contributed by atoms with Gasteiger partial charge in [-0.1, -0.05) is 6.07 Å². The number of alkyl halides is 3. The van der Waals surface area contributed by atoms with Crippen LogP contribution < -0.4 is 10.1 Å². The van der Waals surface area contributed by atoms with E-state index in [4.69, 9.17) is 0 Å². The second-order valence-electron chi connectivity index (χ2n) is 3.51. The minimum atomic E-state index is -4.68. The molecule has 0 amide bonds. The fraction of sp³-hybridized carbons (Fsp3) is 0.182. The number of aromatic amines is 1. The van der Waals surface area contributed by atoms with Crippen LogP contribution in [-0.4, -0.2) is 16.3 Å². The monoisotopic (exact) mass is 257 g/mol. The van der Waals surface area contributed by atoms with Crippen LogP contribution in [0.25, 0.3) is 0 Å². The molecule has 0 unspecified atom stereocenters. The molecular weight excluding hydrogens is 247 g/mol. The molecule has 1 heterocycles. The van der Waals surface area contributed by atoms with E-state index < -0.39 is 6.36 Å². The molecule has 1 aromatic heterocycles. The van der Waals surface area contributed by atoms with Crippen molar-refractivity contribution in [2.75, 3.05) is 5.32 Å². The highest BCUT2D eigenvalue weighted by Crippen LogP contribution is 2.25. The Morgan fingerprint density at radius 1 is 1.33 bits per heavy atom. The number of nitrogens with zero attached hydrogens (tertiary/aromatic N) is 1. The topological polar surface area (TPSA) is 49.9 Å². The molecule has 2 N–H and O–H groups in total. The number of hydrogen-bond acceptors (Lipinski definition) is 3. The van der Waals surface area contributed by atoms with Crippen molar-refractivity contribution in [2.24, 2.45) is 0 Å². The lowest BCUT2D eigenvalue weighted by Gasteiger charge is -2.10. The average molecular weight is 257 g/mol. The van der Waals surface area contributed by atoms with Crippen LogP contribution in [0, 0.1) is 0 Å². The van der Waals surface area contributed by atoms with Gasteiger partial charge in [0.1, 0.15) is 5.75 Å². The van der Waals surface area contributed by atoms with Gasteiger partial charge in [-0.15, -0.1) is 13.2 Å². The predicted octanol–water partition coefficient (Wildman–Crippen LogP) is 2.92. The number of rotatable bonds is 4. The number of ether oxygens (including phenoxy) is 1. The van der Waals surface area contributed by atoms with E-state index in [2.05, 4.69) is 20.0 Å². The normalized spacial score (nSPS) is 11.3. The number of nitrogens with one attached hydrogen (secondary N) is 2. The SMILES string of the molecule is FC(F)(F)Oc1cccc(NCc2cnc[nH]2)c1. The molecule has 18 heavy (non-hydrogen) atoms. The zero-order chi connectivity index (χ0) is 13.0. The summed E-state index contributed by atoms with van der Waals surface area (Å²) < 4.78 is 39.9. The van der Waals surface area contributed by atoms with Crippen LogP contribution in [0.1, 0.15) is 5.69 Å². The van der Waals surface area contributed by atoms with Gasteiger partial charge in [-0.3, -0.25) is 0 Å². The molecule has 0 atom stereocenters. The largest absolute Gasteiger partial charge is 0.573 e. The highest BCUT2D eigenvalue weighted by atomic mass is 19.4. The van der Waals surface area contributed by atoms with Crippen molar-refractivity contribution in [3.63, 3.8) is 0 Å². The van der Waals surface area contributed by atoms with E-state index in [0.717, 1.165) is 5.69 Å². The van der Waals surface area contributed by atoms with Crippen molar-refractivity contribution in [2.45, 2.75) is 12.9 Å². The van der Waals surface area contributed by atoms with Crippen molar-refractivity contribution >= 4 is 5.69 Å². The molecule has 96 valence electrons. The minimum absolute atomic E-state index is 0.253. The maximum Gasteiger partial charge on any atom is 0.573 e. The summed E-state index contributed by atoms with van der Waals surface area (Å²) in [6.45, 7) is 0.440. The van der Waals surface area contributed by atoms with Crippen molar-refractivity contribution in [3.05, 3.63) is 42.5 Å². The average Bonchev–Trinajstić information content (AvgIpc) is 2.77. The second-order valence-corrected chi connectivity index (χ2v) is 3.51. The van der Waals surface area contributed by atoms with Gasteiger partial charge in [-0.25, -0.2) is 4.98 Å². The summed E-state index contributed by atoms with van der Waals surface area (Å²) >= 11 is 0. The van der Waals surface area contributed by atoms with Crippen molar-refractivity contribution in [3.8, 4) is 5.75 Å². The minimum Gasteiger partial charge on any atom is -0.406 e. The van der Waals surface area contributed by atoms with E-state index in [0.29, 0.717) is 12.2 Å². The first-order valence-electron chi connectivity index (χ1n) is 5.10. The molecule has 0 spiro atoms. The second kappa shape index (κ2) is 4.99. The number of aromatic nitrogens is 2. The lowest BCUT2D eigenvalue weighted by atomic mass is 10.3. The van der Waals surface area contributed by atoms with Gasteiger partial charge in [-0.2, -0.15) is 0 Å². The Kier molecular flexibility index (Phi) is 3.40. The summed E-state index contributed by atoms with van der Waals surface area (Å²) in [5.74, 6) is -0.253. The summed E-state index contributed by atoms with van der Waals surface area (Å²) in [7, 11) is 0. The van der Waals surface area contributed by atoms with Crippen LogP contribution in [0.3, 0.4) is 0 Å². The van der Waals surface area contributed by atoms with Crippen LogP contribution in [0.4, 0.5) is 18.9 Å². The Hall–Kier alpha value is -2.18. The van der Waals surface area contributed by atoms with Gasteiger partial charge in [0.15, 0.2) is 0 Å². The Morgan fingerprint density at radius 3 is 2.83 bits per heavy atom. The lowest BCUT2D eigenvalue weighted by molar-refractivity contribution is -0.274. The molecule has 0 saturated heterocycles. The van der Waals surface area contributed by atoms with E-state index >= 15 is 0 Å². The van der Waals surface area contributed by atoms with E-state index in [-0.39, 0.29) is 5.75 Å². The van der Waals surface area contributed by atoms with Gasteiger partial charge in [0, 0.05) is 18.0 Å². The van der Waals surface area contributed by atoms with Gasteiger partial charge in [0.05, 0.1) is 18.6 Å². The van der Waals surface area contributed by atoms with E-state index in [1.807, 2.05) is 0 Å². The van der Waals surface area contributed by atoms with Crippen LogP contribution >= 0.6 is 0 Å². The molecule has 0 bridgehead atoms. The number of H-pyrrole nitrogens is 1. The lowest BCUT2D eigenvalue weighted by Crippen LogP contribution is -2.17. The van der Waals surface area contributed by atoms with Crippen molar-refractivity contribution < 1.29 is 17.9 Å². The maximum atomic E-state index is 12.0. The molecule has 0 aliphatic carbocycles. The van der Waals surface area contributed by atoms with Crippen LogP contribution in [0.5, 0.6) is 5.75 Å². The molecule has 1 aromatic carbocycles. The van der Waals surface area contributed by atoms with E-state index in [1.165, 1.54) is 24.5 Å². The summed E-state index contributed by atoms with van der Waals surface area (Å²) in [5.41, 5.74) is 1.36. The molecule has 0 aliphatic rings. The third-order valence-corrected chi connectivity index (χ3v) is 2.11. The molecular formula is C11H10F3N3O. The summed E-state index contributed by atoms with van der Waals surface area (Å²) in [5, 5.41) is 2.95. The van der Waals surface area contributed by atoms with Gasteiger partial charge < -0.3 is 15.0 Å². The summed E-state index contributed by atoms with van der Waals surface area (Å²) in [4.78, 5) is 6.71. The highest BCUT2D eigenvalue weighted by Gasteiger charge is 2.31. The number of benzene rings is 1. The number of imidazole rings is 1. The Balaban J connectivity index is 1.99. The summed E-state index contributed by atoms with van der Waals surface area (Å²) in [6.07, 6.45) is -1.52. The van der Waals surface area contributed by atoms with Crippen molar-refractivity contribution in [1.82, 2.24) is 9.97 Å². The van der Waals surface area contributed by atoms with Crippen LogP contribution in [0.15, 0.2) is 36.8 Å². The third-order valence-electron chi connectivity index (χ3n) is 2.11. The molecule has 0 saturated carbocycles. The summed E-state index contributed by atoms with van der Waals surface area (Å²) in [6, 6.07) is 5.66. The molecule has 0 aliphatic heterocycles. The fourth-order valence-corrected chi connectivity index (χ4v) is 1.38. The Labute approximate surface area is 101 Å². The first-order valence-corrected chi connectivity index (χ1v) is 5.10. The fourth-order valence-electron chi connectivity index (χ4n) is 1.38. The Morgan fingerprint density at radius 2 is 2.17 bits per heavy atom. The first-order chi connectivity index (χ1) is 8.53. The predicted molar refractivity (Wildman–Crippen MR) is 59.0 cm³/mol. The third kappa shape index (κ3) is 3.69. The molecule has 7 heteroatoms. The highest BCUT2D eigenvalue weighted by molar-refractivity contribution is 5.48. The molecule has 2 aromatic rings. The molecule has 0 radical (unpaired) electrons. The number of anilines is 1. The van der Waals surface area contributed by atoms with Crippen LogP contribution in [-0.2, 0) is 6.54 Å². The quantitative estimate of drug-likeness (QED) is 0.885. The molecule has 2 rings (SSSR count). The van der Waals surface area contributed by atoms with Crippen LogP contribution in [0.2, 0.25) is 0 Å². The van der Waals surface area contributed by atoms with Gasteiger partial charge in [0.25, 0.3) is 0 Å². The smallest absolute Gasteiger partial charge is 0.406 e. The number of halogens is 3. The standard InChI is InChI=1S/C11H10F3N3O/c12-11(13,14)18-10-3-1-2-8(4-10)16-6-9-5-15-7-17-9/h1-5,7,16H,6H2,(H,15,17). The first kappa shape index (κ1) is 12.3. The van der Waals surface area contributed by atoms with Gasteiger partial charge >= 0.3 is 6.36 Å². The molecule has 4 nitrogen and oxygen atoms in total. The molecule has 0 fully saturated rings. The number of hydrogen-bond donors (Lipinski definition) is 2. The van der Waals surface area contributed by atoms with Gasteiger partial charge in [-0.05, 0) is 12.1 Å². The van der Waals surface area contributed by atoms with E-state index in [1.54, 1.807) is 12.3 Å².